The molecular formula is C21H19BrClNO4. The van der Waals surface area contributed by atoms with Crippen LogP contribution in [0.25, 0.3) is 0 Å². The first-order chi connectivity index (χ1) is 13.5. The number of carbonyl (C=O) groups is 2. The van der Waals surface area contributed by atoms with Gasteiger partial charge in [0.1, 0.15) is 13.2 Å². The van der Waals surface area contributed by atoms with Crippen molar-refractivity contribution in [1.29, 1.82) is 0 Å². The molecule has 0 aromatic heterocycles. The molecule has 1 saturated heterocycles. The molecule has 28 heavy (non-hydrogen) atoms. The highest BCUT2D eigenvalue weighted by Crippen LogP contribution is 2.33. The molecule has 2 aromatic rings. The highest BCUT2D eigenvalue weighted by atomic mass is 79.9. The Bertz CT molecular complexity index is 925. The van der Waals surface area contributed by atoms with Gasteiger partial charge in [-0.1, -0.05) is 27.5 Å². The molecule has 0 aliphatic carbocycles. The van der Waals surface area contributed by atoms with E-state index in [1.807, 2.05) is 0 Å². The molecule has 0 unspecified atom stereocenters. The fourth-order valence-electron chi connectivity index (χ4n) is 3.61. The number of hydrogen-bond donors (Lipinski definition) is 0. The molecule has 4 rings (SSSR count). The van der Waals surface area contributed by atoms with Gasteiger partial charge in [0.15, 0.2) is 17.3 Å². The molecule has 0 spiro atoms. The Morgan fingerprint density at radius 2 is 1.71 bits per heavy atom. The molecule has 5 nitrogen and oxygen atoms in total. The molecule has 0 radical (unpaired) electrons. The summed E-state index contributed by atoms with van der Waals surface area (Å²) < 4.78 is 11.9. The molecule has 0 N–H and O–H groups in total. The number of Topliss-reactive ketones (excluding diaryl/α,β-unsaturated/α-hetero) is 1. The van der Waals surface area contributed by atoms with Gasteiger partial charge >= 0.3 is 0 Å². The van der Waals surface area contributed by atoms with Gasteiger partial charge < -0.3 is 14.4 Å². The lowest BCUT2D eigenvalue weighted by Crippen LogP contribution is -2.40. The van der Waals surface area contributed by atoms with Gasteiger partial charge in [0.05, 0.1) is 10.6 Å². The van der Waals surface area contributed by atoms with E-state index in [9.17, 15) is 9.59 Å². The number of ether oxygens (including phenoxy) is 2. The number of rotatable bonds is 3. The topological polar surface area (TPSA) is 55.8 Å². The van der Waals surface area contributed by atoms with E-state index in [1.165, 1.54) is 0 Å². The summed E-state index contributed by atoms with van der Waals surface area (Å²) >= 11 is 9.56. The number of piperidine rings is 1. The lowest BCUT2D eigenvalue weighted by atomic mass is 9.88. The van der Waals surface area contributed by atoms with Crippen LogP contribution in [0.5, 0.6) is 11.5 Å². The van der Waals surface area contributed by atoms with Crippen molar-refractivity contribution in [3.63, 3.8) is 0 Å². The number of halogens is 2. The summed E-state index contributed by atoms with van der Waals surface area (Å²) in [5.41, 5.74) is 1.11. The zero-order valence-electron chi connectivity index (χ0n) is 15.1. The lowest BCUT2D eigenvalue weighted by molar-refractivity contribution is 0.0650. The summed E-state index contributed by atoms with van der Waals surface area (Å²) in [6.45, 7) is 2.07. The summed E-state index contributed by atoms with van der Waals surface area (Å²) in [7, 11) is 0. The van der Waals surface area contributed by atoms with Gasteiger partial charge in [0.25, 0.3) is 5.91 Å². The fraction of sp³-hybridized carbons (Fsp3) is 0.333. The number of likely N-dealkylation sites (tertiary alicyclic amines) is 1. The third-order valence-corrected chi connectivity index (χ3v) is 5.96. The first kappa shape index (κ1) is 19.3. The Morgan fingerprint density at radius 1 is 1.00 bits per heavy atom. The van der Waals surface area contributed by atoms with Crippen molar-refractivity contribution in [3.05, 3.63) is 57.0 Å². The van der Waals surface area contributed by atoms with E-state index in [1.54, 1.807) is 41.3 Å². The average molecular weight is 465 g/mol. The number of ketones is 1. The lowest BCUT2D eigenvalue weighted by Gasteiger charge is -2.31. The number of amides is 1. The molecule has 1 fully saturated rings. The second-order valence-corrected chi connectivity index (χ2v) is 8.24. The minimum Gasteiger partial charge on any atom is -0.486 e. The van der Waals surface area contributed by atoms with Crippen LogP contribution in [-0.2, 0) is 0 Å². The van der Waals surface area contributed by atoms with Crippen LogP contribution >= 0.6 is 27.5 Å². The van der Waals surface area contributed by atoms with Crippen LogP contribution in [0.2, 0.25) is 5.02 Å². The van der Waals surface area contributed by atoms with Gasteiger partial charge in [0, 0.05) is 29.0 Å². The maximum atomic E-state index is 12.9. The Hall–Kier alpha value is -2.05. The van der Waals surface area contributed by atoms with E-state index < -0.39 is 0 Å². The molecule has 2 heterocycles. The highest BCUT2D eigenvalue weighted by molar-refractivity contribution is 9.10. The summed E-state index contributed by atoms with van der Waals surface area (Å²) in [6, 6.07) is 10.6. The largest absolute Gasteiger partial charge is 0.486 e. The Labute approximate surface area is 176 Å². The van der Waals surface area contributed by atoms with Crippen LogP contribution < -0.4 is 9.47 Å². The van der Waals surface area contributed by atoms with Crippen molar-refractivity contribution in [1.82, 2.24) is 4.90 Å². The van der Waals surface area contributed by atoms with Crippen LogP contribution in [-0.4, -0.2) is 42.9 Å². The van der Waals surface area contributed by atoms with Gasteiger partial charge in [0.2, 0.25) is 0 Å². The van der Waals surface area contributed by atoms with Crippen molar-refractivity contribution >= 4 is 39.2 Å². The number of nitrogens with zero attached hydrogens (tertiary/aromatic N) is 1. The van der Waals surface area contributed by atoms with Gasteiger partial charge in [-0.2, -0.15) is 0 Å². The zero-order valence-corrected chi connectivity index (χ0v) is 17.5. The molecule has 1 amide bonds. The standard InChI is InChI=1S/C21H19BrClNO4/c22-15-2-3-17(23)16(12-15)21(26)24-7-5-13(6-8-24)20(25)14-1-4-18-19(11-14)28-10-9-27-18/h1-4,11-13H,5-10H2. The van der Waals surface area contributed by atoms with Crippen LogP contribution in [0.15, 0.2) is 40.9 Å². The SMILES string of the molecule is O=C(c1ccc2c(c1)OCCO2)C1CCN(C(=O)c2cc(Br)ccc2Cl)CC1. The smallest absolute Gasteiger partial charge is 0.255 e. The maximum absolute atomic E-state index is 12.9. The summed E-state index contributed by atoms with van der Waals surface area (Å²) in [4.78, 5) is 27.5. The van der Waals surface area contributed by atoms with Crippen LogP contribution in [0, 0.1) is 5.92 Å². The highest BCUT2D eigenvalue weighted by Gasteiger charge is 2.29. The number of fused-ring (bicyclic) bond motifs is 1. The number of benzene rings is 2. The van der Waals surface area contributed by atoms with E-state index in [4.69, 9.17) is 21.1 Å². The van der Waals surface area contributed by atoms with Gasteiger partial charge in [-0.05, 0) is 49.2 Å². The first-order valence-corrected chi connectivity index (χ1v) is 10.4. The summed E-state index contributed by atoms with van der Waals surface area (Å²) in [5.74, 6) is 1.17. The van der Waals surface area contributed by atoms with Crippen molar-refractivity contribution in [2.45, 2.75) is 12.8 Å². The molecule has 0 atom stereocenters. The summed E-state index contributed by atoms with van der Waals surface area (Å²) in [5, 5.41) is 0.433. The molecule has 2 aliphatic heterocycles. The van der Waals surface area contributed by atoms with Gasteiger partial charge in [-0.15, -0.1) is 0 Å². The van der Waals surface area contributed by atoms with Crippen molar-refractivity contribution in [3.8, 4) is 11.5 Å². The molecular weight excluding hydrogens is 446 g/mol. The summed E-state index contributed by atoms with van der Waals surface area (Å²) in [6.07, 6.45) is 1.26. The van der Waals surface area contributed by atoms with E-state index in [2.05, 4.69) is 15.9 Å². The van der Waals surface area contributed by atoms with E-state index in [0.717, 1.165) is 4.47 Å². The molecule has 7 heteroatoms. The van der Waals surface area contributed by atoms with Crippen molar-refractivity contribution in [2.75, 3.05) is 26.3 Å². The minimum absolute atomic E-state index is 0.0876. The minimum atomic E-state index is -0.107. The van der Waals surface area contributed by atoms with Gasteiger partial charge in [-0.3, -0.25) is 9.59 Å². The molecule has 146 valence electrons. The second kappa shape index (κ2) is 8.13. The number of carbonyl (C=O) groups excluding carboxylic acids is 2. The van der Waals surface area contributed by atoms with E-state index >= 15 is 0 Å². The fourth-order valence-corrected chi connectivity index (χ4v) is 4.17. The molecule has 0 bridgehead atoms. The number of hydrogen-bond acceptors (Lipinski definition) is 4. The van der Waals surface area contributed by atoms with Crippen LogP contribution in [0.3, 0.4) is 0 Å². The van der Waals surface area contributed by atoms with Crippen LogP contribution in [0.1, 0.15) is 33.6 Å². The Kier molecular flexibility index (Phi) is 5.60. The predicted molar refractivity (Wildman–Crippen MR) is 110 cm³/mol. The average Bonchev–Trinajstić information content (AvgIpc) is 2.74. The van der Waals surface area contributed by atoms with Crippen LogP contribution in [0.4, 0.5) is 0 Å². The normalized spacial score (nSPS) is 16.7. The van der Waals surface area contributed by atoms with Gasteiger partial charge in [-0.25, -0.2) is 0 Å². The van der Waals surface area contributed by atoms with Crippen molar-refractivity contribution in [2.24, 2.45) is 5.92 Å². The molecule has 0 saturated carbocycles. The third-order valence-electron chi connectivity index (χ3n) is 5.14. The first-order valence-electron chi connectivity index (χ1n) is 9.21. The quantitative estimate of drug-likeness (QED) is 0.623. The second-order valence-electron chi connectivity index (χ2n) is 6.91. The van der Waals surface area contributed by atoms with E-state index in [-0.39, 0.29) is 17.6 Å². The third kappa shape index (κ3) is 3.89. The Morgan fingerprint density at radius 3 is 2.46 bits per heavy atom. The maximum Gasteiger partial charge on any atom is 0.255 e. The monoisotopic (exact) mass is 463 g/mol. The Balaban J connectivity index is 1.42. The zero-order chi connectivity index (χ0) is 19.7. The molecule has 2 aromatic carbocycles. The van der Waals surface area contributed by atoms with Crippen molar-refractivity contribution < 1.29 is 19.1 Å². The predicted octanol–water partition coefficient (Wildman–Crippen LogP) is 4.61. The molecule has 2 aliphatic rings. The van der Waals surface area contributed by atoms with E-state index in [0.29, 0.717) is 66.8 Å².